The molecular formula is C25H23NO6. The standard InChI is InChI=1S/C25H23NO6/c1-3-29-22(25(27)28)15-18-9-10-21(23-19(18)11-13-31-23)30-14-12-20-16(2)32-24(26-20)17-7-5-4-6-8-17/h4-11,13,15H,3,12,14H2,1-2H3,(H,27,28). The average Bonchev–Trinajstić information content (AvgIpc) is 3.43. The Morgan fingerprint density at radius 3 is 2.72 bits per heavy atom. The monoisotopic (exact) mass is 433 g/mol. The van der Waals surface area contributed by atoms with Crippen molar-refractivity contribution >= 4 is 23.0 Å². The van der Waals surface area contributed by atoms with Crippen molar-refractivity contribution in [2.45, 2.75) is 20.3 Å². The van der Waals surface area contributed by atoms with E-state index in [4.69, 9.17) is 18.3 Å². The molecule has 2 aromatic carbocycles. The van der Waals surface area contributed by atoms with E-state index in [0.717, 1.165) is 22.4 Å². The van der Waals surface area contributed by atoms with E-state index in [2.05, 4.69) is 4.98 Å². The third-order valence-corrected chi connectivity index (χ3v) is 4.92. The number of hydrogen-bond acceptors (Lipinski definition) is 6. The van der Waals surface area contributed by atoms with Gasteiger partial charge < -0.3 is 23.4 Å². The van der Waals surface area contributed by atoms with Crippen LogP contribution in [0.2, 0.25) is 0 Å². The fourth-order valence-electron chi connectivity index (χ4n) is 3.38. The number of carboxylic acid groups (broad SMARTS) is 1. The van der Waals surface area contributed by atoms with Gasteiger partial charge in [-0.2, -0.15) is 0 Å². The van der Waals surface area contributed by atoms with Gasteiger partial charge in [-0.25, -0.2) is 9.78 Å². The minimum Gasteiger partial charge on any atom is -0.489 e. The molecule has 0 saturated carbocycles. The highest BCUT2D eigenvalue weighted by atomic mass is 16.5. The van der Waals surface area contributed by atoms with Crippen molar-refractivity contribution in [3.8, 4) is 17.2 Å². The van der Waals surface area contributed by atoms with E-state index in [9.17, 15) is 9.90 Å². The number of hydrogen-bond donors (Lipinski definition) is 1. The van der Waals surface area contributed by atoms with Crippen molar-refractivity contribution in [2.75, 3.05) is 13.2 Å². The number of benzene rings is 2. The lowest BCUT2D eigenvalue weighted by Gasteiger charge is -2.08. The first-order valence-electron chi connectivity index (χ1n) is 10.3. The number of ether oxygens (including phenoxy) is 2. The van der Waals surface area contributed by atoms with Crippen molar-refractivity contribution in [3.05, 3.63) is 77.6 Å². The fraction of sp³-hybridized carbons (Fsp3) is 0.200. The van der Waals surface area contributed by atoms with Crippen molar-refractivity contribution in [2.24, 2.45) is 0 Å². The maximum absolute atomic E-state index is 11.4. The molecule has 7 nitrogen and oxygen atoms in total. The predicted molar refractivity (Wildman–Crippen MR) is 119 cm³/mol. The number of aliphatic carboxylic acids is 1. The van der Waals surface area contributed by atoms with Crippen LogP contribution in [0, 0.1) is 6.92 Å². The van der Waals surface area contributed by atoms with Crippen molar-refractivity contribution < 1.29 is 28.2 Å². The van der Waals surface area contributed by atoms with Crippen LogP contribution in [0.15, 0.2) is 69.4 Å². The Hall–Kier alpha value is -4.00. The highest BCUT2D eigenvalue weighted by molar-refractivity contribution is 5.96. The Kier molecular flexibility index (Phi) is 6.26. The van der Waals surface area contributed by atoms with E-state index in [1.54, 1.807) is 31.4 Å². The molecule has 2 aromatic heterocycles. The van der Waals surface area contributed by atoms with Gasteiger partial charge in [0.05, 0.1) is 25.2 Å². The summed E-state index contributed by atoms with van der Waals surface area (Å²) in [5, 5.41) is 10.0. The van der Waals surface area contributed by atoms with Gasteiger partial charge in [0.1, 0.15) is 5.76 Å². The van der Waals surface area contributed by atoms with Crippen molar-refractivity contribution in [1.82, 2.24) is 4.98 Å². The second-order valence-electron chi connectivity index (χ2n) is 7.05. The van der Waals surface area contributed by atoms with Gasteiger partial charge in [0.15, 0.2) is 11.3 Å². The Balaban J connectivity index is 1.49. The van der Waals surface area contributed by atoms with Gasteiger partial charge in [-0.05, 0) is 49.8 Å². The predicted octanol–water partition coefficient (Wildman–Crippen LogP) is 5.48. The number of fused-ring (bicyclic) bond motifs is 1. The largest absolute Gasteiger partial charge is 0.489 e. The van der Waals surface area contributed by atoms with E-state index in [1.165, 1.54) is 6.08 Å². The van der Waals surface area contributed by atoms with E-state index >= 15 is 0 Å². The van der Waals surface area contributed by atoms with Gasteiger partial charge in [-0.3, -0.25) is 0 Å². The number of aryl methyl sites for hydroxylation is 1. The minimum absolute atomic E-state index is 0.126. The molecule has 2 heterocycles. The van der Waals surface area contributed by atoms with E-state index < -0.39 is 5.97 Å². The van der Waals surface area contributed by atoms with Gasteiger partial charge in [0.2, 0.25) is 11.6 Å². The maximum atomic E-state index is 11.4. The summed E-state index contributed by atoms with van der Waals surface area (Å²) in [4.78, 5) is 16.0. The van der Waals surface area contributed by atoms with Gasteiger partial charge >= 0.3 is 5.97 Å². The Morgan fingerprint density at radius 1 is 1.16 bits per heavy atom. The van der Waals surface area contributed by atoms with Crippen molar-refractivity contribution in [1.29, 1.82) is 0 Å². The normalized spacial score (nSPS) is 11.6. The van der Waals surface area contributed by atoms with Gasteiger partial charge in [0.25, 0.3) is 0 Å². The topological polar surface area (TPSA) is 94.9 Å². The number of nitrogens with zero attached hydrogens (tertiary/aromatic N) is 1. The summed E-state index contributed by atoms with van der Waals surface area (Å²) in [5.74, 6) is 0.667. The summed E-state index contributed by atoms with van der Waals surface area (Å²) in [6.07, 6.45) is 3.60. The summed E-state index contributed by atoms with van der Waals surface area (Å²) < 4.78 is 22.6. The van der Waals surface area contributed by atoms with Crippen LogP contribution in [-0.2, 0) is 16.0 Å². The summed E-state index contributed by atoms with van der Waals surface area (Å²) in [5.41, 5.74) is 2.98. The molecule has 0 fully saturated rings. The minimum atomic E-state index is -1.12. The molecule has 164 valence electrons. The molecule has 0 aliphatic heterocycles. The zero-order valence-corrected chi connectivity index (χ0v) is 17.8. The number of carbonyl (C=O) groups is 1. The zero-order chi connectivity index (χ0) is 22.5. The lowest BCUT2D eigenvalue weighted by atomic mass is 10.1. The summed E-state index contributed by atoms with van der Waals surface area (Å²) in [6, 6.07) is 15.1. The van der Waals surface area contributed by atoms with E-state index in [-0.39, 0.29) is 12.4 Å². The highest BCUT2D eigenvalue weighted by Crippen LogP contribution is 2.31. The Bertz CT molecular complexity index is 1250. The highest BCUT2D eigenvalue weighted by Gasteiger charge is 2.15. The Labute approximate surface area is 184 Å². The quantitative estimate of drug-likeness (QED) is 0.276. The number of aromatic nitrogens is 1. The van der Waals surface area contributed by atoms with Crippen LogP contribution in [-0.4, -0.2) is 29.3 Å². The molecule has 0 saturated heterocycles. The first kappa shape index (κ1) is 21.2. The lowest BCUT2D eigenvalue weighted by Crippen LogP contribution is -2.05. The number of rotatable bonds is 9. The first-order valence-corrected chi connectivity index (χ1v) is 10.3. The van der Waals surface area contributed by atoms with Crippen LogP contribution in [0.1, 0.15) is 23.9 Å². The van der Waals surface area contributed by atoms with Crippen LogP contribution in [0.5, 0.6) is 5.75 Å². The van der Waals surface area contributed by atoms with Crippen LogP contribution < -0.4 is 4.74 Å². The van der Waals surface area contributed by atoms with E-state index in [1.807, 2.05) is 37.3 Å². The maximum Gasteiger partial charge on any atom is 0.371 e. The number of carboxylic acids is 1. The molecule has 0 unspecified atom stereocenters. The molecule has 0 atom stereocenters. The number of oxazole rings is 1. The van der Waals surface area contributed by atoms with Gasteiger partial charge in [-0.1, -0.05) is 24.3 Å². The molecule has 32 heavy (non-hydrogen) atoms. The molecule has 4 rings (SSSR count). The molecule has 1 N–H and O–H groups in total. The number of furan rings is 1. The third kappa shape index (κ3) is 4.51. The third-order valence-electron chi connectivity index (χ3n) is 4.92. The first-order chi connectivity index (χ1) is 15.6. The molecule has 0 bridgehead atoms. The molecule has 0 radical (unpaired) electrons. The SMILES string of the molecule is CCOC(=Cc1ccc(OCCc2nc(-c3ccccc3)oc2C)c2occc12)C(=O)O. The molecular weight excluding hydrogens is 410 g/mol. The van der Waals surface area contributed by atoms with Crippen LogP contribution in [0.4, 0.5) is 0 Å². The fourth-order valence-corrected chi connectivity index (χ4v) is 3.38. The van der Waals surface area contributed by atoms with Gasteiger partial charge in [-0.15, -0.1) is 0 Å². The molecule has 0 aliphatic carbocycles. The molecule has 0 spiro atoms. The van der Waals surface area contributed by atoms with Crippen LogP contribution in [0.25, 0.3) is 28.5 Å². The molecule has 0 aliphatic rings. The summed E-state index contributed by atoms with van der Waals surface area (Å²) >= 11 is 0. The second-order valence-corrected chi connectivity index (χ2v) is 7.05. The summed E-state index contributed by atoms with van der Waals surface area (Å²) in [6.45, 7) is 4.27. The van der Waals surface area contributed by atoms with Crippen LogP contribution >= 0.6 is 0 Å². The average molecular weight is 433 g/mol. The molecule has 0 amide bonds. The molecule has 7 heteroatoms. The van der Waals surface area contributed by atoms with Crippen LogP contribution in [0.3, 0.4) is 0 Å². The zero-order valence-electron chi connectivity index (χ0n) is 17.8. The lowest BCUT2D eigenvalue weighted by molar-refractivity contribution is -0.136. The summed E-state index contributed by atoms with van der Waals surface area (Å²) in [7, 11) is 0. The van der Waals surface area contributed by atoms with E-state index in [0.29, 0.717) is 35.8 Å². The second kappa shape index (κ2) is 9.43. The Morgan fingerprint density at radius 2 is 1.97 bits per heavy atom. The smallest absolute Gasteiger partial charge is 0.371 e. The van der Waals surface area contributed by atoms with Gasteiger partial charge in [0, 0.05) is 17.4 Å². The van der Waals surface area contributed by atoms with Crippen molar-refractivity contribution in [3.63, 3.8) is 0 Å². The molecule has 4 aromatic rings.